The Kier molecular flexibility index (Phi) is 9.86. The van der Waals surface area contributed by atoms with E-state index >= 15 is 0 Å². The first kappa shape index (κ1) is 23.5. The van der Waals surface area contributed by atoms with Gasteiger partial charge < -0.3 is 15.2 Å². The van der Waals surface area contributed by atoms with Crippen molar-refractivity contribution in [3.05, 3.63) is 35.5 Å². The third kappa shape index (κ3) is 9.81. The summed E-state index contributed by atoms with van der Waals surface area (Å²) in [6, 6.07) is 0. The van der Waals surface area contributed by atoms with Crippen LogP contribution in [0.3, 0.4) is 0 Å². The van der Waals surface area contributed by atoms with E-state index < -0.39 is 17.8 Å². The smallest absolute Gasteiger partial charge is 0.407 e. The second kappa shape index (κ2) is 11.3. The molecular formula is C23H39NO3. The van der Waals surface area contributed by atoms with Crippen molar-refractivity contribution in [3.63, 3.8) is 0 Å². The van der Waals surface area contributed by atoms with E-state index in [2.05, 4.69) is 45.2 Å². The maximum atomic E-state index is 11.9. The third-order valence-corrected chi connectivity index (χ3v) is 5.13. The summed E-state index contributed by atoms with van der Waals surface area (Å²) in [5, 5.41) is 13.6. The second-order valence-corrected chi connectivity index (χ2v) is 8.44. The van der Waals surface area contributed by atoms with Crippen LogP contribution in [0.5, 0.6) is 0 Å². The molecule has 1 aliphatic rings. The molecule has 0 aromatic heterocycles. The molecule has 154 valence electrons. The van der Waals surface area contributed by atoms with E-state index in [1.165, 1.54) is 11.1 Å². The number of aliphatic hydroxyl groups is 1. The molecule has 0 aromatic rings. The van der Waals surface area contributed by atoms with E-state index in [4.69, 9.17) is 4.74 Å². The summed E-state index contributed by atoms with van der Waals surface area (Å²) in [5.41, 5.74) is 1.56. The van der Waals surface area contributed by atoms with Gasteiger partial charge in [-0.3, -0.25) is 0 Å². The molecule has 27 heavy (non-hydrogen) atoms. The third-order valence-electron chi connectivity index (χ3n) is 5.13. The predicted octanol–water partition coefficient (Wildman–Crippen LogP) is 5.54. The maximum Gasteiger partial charge on any atom is 0.407 e. The molecular weight excluding hydrogens is 338 g/mol. The molecule has 0 aromatic carbocycles. The number of carbonyl (C=O) groups excluding carboxylic acids is 1. The zero-order valence-electron chi connectivity index (χ0n) is 18.0. The zero-order chi connectivity index (χ0) is 20.4. The quantitative estimate of drug-likeness (QED) is 0.635. The molecule has 1 rings (SSSR count). The van der Waals surface area contributed by atoms with Crippen molar-refractivity contribution in [3.8, 4) is 0 Å². The molecule has 0 bridgehead atoms. The first-order chi connectivity index (χ1) is 12.6. The van der Waals surface area contributed by atoms with Gasteiger partial charge in [-0.05, 0) is 71.3 Å². The predicted molar refractivity (Wildman–Crippen MR) is 113 cm³/mol. The van der Waals surface area contributed by atoms with Gasteiger partial charge in [-0.25, -0.2) is 4.79 Å². The number of allylic oxidation sites excluding steroid dienone is 4. The van der Waals surface area contributed by atoms with Crippen molar-refractivity contribution in [2.24, 2.45) is 11.8 Å². The molecule has 1 aliphatic carbocycles. The number of amides is 1. The monoisotopic (exact) mass is 377 g/mol. The van der Waals surface area contributed by atoms with Crippen LogP contribution < -0.4 is 5.32 Å². The van der Waals surface area contributed by atoms with Crippen LogP contribution >= 0.6 is 0 Å². The van der Waals surface area contributed by atoms with E-state index in [0.717, 1.165) is 25.7 Å². The Bertz CT molecular complexity index is 558. The molecule has 0 fully saturated rings. The van der Waals surface area contributed by atoms with Crippen LogP contribution in [-0.4, -0.2) is 29.4 Å². The minimum atomic E-state index is -1.03. The van der Waals surface area contributed by atoms with Crippen LogP contribution in [0.15, 0.2) is 35.5 Å². The highest BCUT2D eigenvalue weighted by Gasteiger charge is 2.25. The van der Waals surface area contributed by atoms with E-state index in [1.54, 1.807) is 6.92 Å². The second-order valence-electron chi connectivity index (χ2n) is 8.44. The lowest BCUT2D eigenvalue weighted by atomic mass is 9.86. The van der Waals surface area contributed by atoms with E-state index in [9.17, 15) is 9.90 Å². The summed E-state index contributed by atoms with van der Waals surface area (Å²) in [6.45, 7) is 12.9. The van der Waals surface area contributed by atoms with Crippen LogP contribution in [0.2, 0.25) is 0 Å². The highest BCUT2D eigenvalue weighted by molar-refractivity contribution is 5.67. The molecule has 1 amide bonds. The summed E-state index contributed by atoms with van der Waals surface area (Å²) in [4.78, 5) is 11.9. The van der Waals surface area contributed by atoms with Crippen LogP contribution in [-0.2, 0) is 4.74 Å². The molecule has 0 saturated heterocycles. The van der Waals surface area contributed by atoms with Gasteiger partial charge in [0.2, 0.25) is 0 Å². The van der Waals surface area contributed by atoms with Crippen LogP contribution in [0.1, 0.15) is 73.6 Å². The van der Waals surface area contributed by atoms with Gasteiger partial charge in [0.25, 0.3) is 0 Å². The van der Waals surface area contributed by atoms with Gasteiger partial charge in [0.15, 0.2) is 0 Å². The molecule has 0 aliphatic heterocycles. The average molecular weight is 378 g/mol. The summed E-state index contributed by atoms with van der Waals surface area (Å²) < 4.78 is 5.56. The van der Waals surface area contributed by atoms with Crippen LogP contribution in [0.25, 0.3) is 0 Å². The number of hydrogen-bond acceptors (Lipinski definition) is 3. The summed E-state index contributed by atoms with van der Waals surface area (Å²) in [7, 11) is 0. The largest absolute Gasteiger partial charge is 0.442 e. The normalized spacial score (nSPS) is 33.2. The van der Waals surface area contributed by atoms with Crippen molar-refractivity contribution in [2.45, 2.75) is 85.4 Å². The minimum absolute atomic E-state index is 0.345. The number of alkyl carbamates (subject to hydrolysis) is 1. The van der Waals surface area contributed by atoms with Crippen molar-refractivity contribution >= 4 is 6.09 Å². The Hall–Kier alpha value is -1.55. The maximum absolute atomic E-state index is 11.9. The number of carbonyl (C=O) groups is 1. The first-order valence-corrected chi connectivity index (χ1v) is 10.3. The van der Waals surface area contributed by atoms with Gasteiger partial charge in [-0.15, -0.1) is 0 Å². The van der Waals surface area contributed by atoms with E-state index in [1.807, 2.05) is 19.1 Å². The fraction of sp³-hybridized carbons (Fsp3) is 0.696. The van der Waals surface area contributed by atoms with Gasteiger partial charge in [0, 0.05) is 13.0 Å². The van der Waals surface area contributed by atoms with Crippen LogP contribution in [0, 0.1) is 11.8 Å². The highest BCUT2D eigenvalue weighted by atomic mass is 16.6. The summed E-state index contributed by atoms with van der Waals surface area (Å²) >= 11 is 0. The Morgan fingerprint density at radius 2 is 2.04 bits per heavy atom. The Labute approximate surface area is 165 Å². The fourth-order valence-electron chi connectivity index (χ4n) is 3.36. The van der Waals surface area contributed by atoms with Gasteiger partial charge in [0.05, 0.1) is 5.60 Å². The Morgan fingerprint density at radius 1 is 1.33 bits per heavy atom. The molecule has 2 N–H and O–H groups in total. The number of hydrogen-bond donors (Lipinski definition) is 2. The molecule has 0 unspecified atom stereocenters. The zero-order valence-corrected chi connectivity index (χ0v) is 18.0. The fourth-order valence-corrected chi connectivity index (χ4v) is 3.36. The van der Waals surface area contributed by atoms with Gasteiger partial charge >= 0.3 is 6.09 Å². The van der Waals surface area contributed by atoms with Gasteiger partial charge in [-0.2, -0.15) is 0 Å². The molecule has 0 saturated carbocycles. The molecule has 4 nitrogen and oxygen atoms in total. The molecule has 3 atom stereocenters. The van der Waals surface area contributed by atoms with Gasteiger partial charge in [-0.1, -0.05) is 43.2 Å². The average Bonchev–Trinajstić information content (AvgIpc) is 2.53. The Balaban J connectivity index is 3.09. The SMILES string of the molecule is CCNC(=O)O[C@H]1/C=C(\C)CC/C=C(\C)CC[C@@H](C(C)C)/C=C/[C@@](C)(O)C1. The summed E-state index contributed by atoms with van der Waals surface area (Å²) in [5.74, 6) is 0.935. The van der Waals surface area contributed by atoms with Crippen molar-refractivity contribution in [1.82, 2.24) is 5.32 Å². The molecule has 0 heterocycles. The Morgan fingerprint density at radius 3 is 2.67 bits per heavy atom. The molecule has 0 spiro atoms. The van der Waals surface area contributed by atoms with Crippen molar-refractivity contribution in [1.29, 1.82) is 0 Å². The number of rotatable bonds is 3. The first-order valence-electron chi connectivity index (χ1n) is 10.3. The van der Waals surface area contributed by atoms with Gasteiger partial charge in [0.1, 0.15) is 6.10 Å². The lowest BCUT2D eigenvalue weighted by molar-refractivity contribution is 0.0430. The number of nitrogens with one attached hydrogen (secondary N) is 1. The lowest BCUT2D eigenvalue weighted by Gasteiger charge is -2.26. The van der Waals surface area contributed by atoms with Crippen molar-refractivity contribution < 1.29 is 14.6 Å². The molecule has 4 heteroatoms. The topological polar surface area (TPSA) is 58.6 Å². The number of ether oxygens (including phenoxy) is 1. The lowest BCUT2D eigenvalue weighted by Crippen LogP contribution is -2.34. The van der Waals surface area contributed by atoms with Crippen molar-refractivity contribution in [2.75, 3.05) is 6.54 Å². The highest BCUT2D eigenvalue weighted by Crippen LogP contribution is 2.26. The van der Waals surface area contributed by atoms with Crippen LogP contribution in [0.4, 0.5) is 4.79 Å². The minimum Gasteiger partial charge on any atom is -0.442 e. The molecule has 0 radical (unpaired) electrons. The summed E-state index contributed by atoms with van der Waals surface area (Å²) in [6.07, 6.45) is 11.9. The van der Waals surface area contributed by atoms with E-state index in [0.29, 0.717) is 24.8 Å². The van der Waals surface area contributed by atoms with E-state index in [-0.39, 0.29) is 0 Å². The standard InChI is InChI=1S/C23H39NO3/c1-7-24-22(25)27-21-15-19(5)10-8-9-18(4)11-12-20(17(2)3)13-14-23(6,26)16-21/h9,13-15,17,20-21,26H,7-8,10-12,16H2,1-6H3,(H,24,25)/b14-13+,18-9+,19-15+/t20-,21+,23-/m1/s1.